The van der Waals surface area contributed by atoms with Gasteiger partial charge in [-0.05, 0) is 24.3 Å². The highest BCUT2D eigenvalue weighted by Gasteiger charge is 2.09. The van der Waals surface area contributed by atoms with E-state index < -0.39 is 0 Å². The van der Waals surface area contributed by atoms with Crippen LogP contribution in [0.5, 0.6) is 0 Å². The fourth-order valence-corrected chi connectivity index (χ4v) is 2.87. The Kier molecular flexibility index (Phi) is 2.68. The van der Waals surface area contributed by atoms with Crippen LogP contribution < -0.4 is 5.56 Å². The second-order valence-corrected chi connectivity index (χ2v) is 5.72. The zero-order chi connectivity index (χ0) is 14.4. The van der Waals surface area contributed by atoms with E-state index in [9.17, 15) is 4.79 Å². The van der Waals surface area contributed by atoms with Crippen LogP contribution in [0.1, 0.15) is 0 Å². The quantitative estimate of drug-likeness (QED) is 0.575. The molecule has 0 atom stereocenters. The highest BCUT2D eigenvalue weighted by Crippen LogP contribution is 2.22. The van der Waals surface area contributed by atoms with Gasteiger partial charge in [0.2, 0.25) is 0 Å². The minimum atomic E-state index is -0.160. The fourth-order valence-electron chi connectivity index (χ4n) is 2.49. The van der Waals surface area contributed by atoms with Crippen molar-refractivity contribution in [2.75, 3.05) is 0 Å². The number of halogens is 1. The number of hydrogen-bond acceptors (Lipinski definition) is 2. The van der Waals surface area contributed by atoms with Crippen molar-refractivity contribution < 1.29 is 0 Å². The Hall–Kier alpha value is -2.40. The van der Waals surface area contributed by atoms with Gasteiger partial charge in [0, 0.05) is 21.4 Å². The highest BCUT2D eigenvalue weighted by molar-refractivity contribution is 9.10. The van der Waals surface area contributed by atoms with E-state index in [4.69, 9.17) is 0 Å². The van der Waals surface area contributed by atoms with Crippen LogP contribution in [0.15, 0.2) is 63.9 Å². The predicted molar refractivity (Wildman–Crippen MR) is 86.9 cm³/mol. The number of nitrogens with one attached hydrogen (secondary N) is 1. The Morgan fingerprint density at radius 1 is 1.00 bits per heavy atom. The molecule has 1 N–H and O–H groups in total. The van der Waals surface area contributed by atoms with Crippen molar-refractivity contribution in [1.82, 2.24) is 14.8 Å². The van der Waals surface area contributed by atoms with Gasteiger partial charge in [0.25, 0.3) is 5.56 Å². The largest absolute Gasteiger partial charge is 0.353 e. The Bertz CT molecular complexity index is 1030. The lowest BCUT2D eigenvalue weighted by Gasteiger charge is -2.04. The maximum Gasteiger partial charge on any atom is 0.273 e. The molecule has 0 amide bonds. The van der Waals surface area contributed by atoms with Crippen LogP contribution in [-0.2, 0) is 0 Å². The molecular formula is C16H10BrN3O. The Morgan fingerprint density at radius 2 is 1.86 bits per heavy atom. The maximum absolute atomic E-state index is 12.3. The fraction of sp³-hybridized carbons (Fsp3) is 0. The first-order chi connectivity index (χ1) is 10.2. The number of nitrogens with zero attached hydrogens (tertiary/aromatic N) is 2. The smallest absolute Gasteiger partial charge is 0.273 e. The minimum Gasteiger partial charge on any atom is -0.353 e. The second-order valence-electron chi connectivity index (χ2n) is 4.81. The lowest BCUT2D eigenvalue weighted by atomic mass is 10.2. The number of rotatable bonds is 1. The van der Waals surface area contributed by atoms with Crippen LogP contribution in [0.2, 0.25) is 0 Å². The number of fused-ring (bicyclic) bond motifs is 3. The third kappa shape index (κ3) is 1.97. The SMILES string of the molecule is O=c1cc2[nH]c3ccccc3c2nn1-c1cccc(Br)c1. The van der Waals surface area contributed by atoms with Gasteiger partial charge >= 0.3 is 0 Å². The molecule has 0 spiro atoms. The van der Waals surface area contributed by atoms with E-state index >= 15 is 0 Å². The van der Waals surface area contributed by atoms with Crippen molar-refractivity contribution in [2.24, 2.45) is 0 Å². The molecular weight excluding hydrogens is 330 g/mol. The summed E-state index contributed by atoms with van der Waals surface area (Å²) < 4.78 is 2.33. The molecule has 2 aromatic heterocycles. The summed E-state index contributed by atoms with van der Waals surface area (Å²) in [5, 5.41) is 5.54. The molecule has 0 saturated heterocycles. The summed E-state index contributed by atoms with van der Waals surface area (Å²) in [6.45, 7) is 0. The van der Waals surface area contributed by atoms with Crippen LogP contribution in [0.3, 0.4) is 0 Å². The summed E-state index contributed by atoms with van der Waals surface area (Å²) in [4.78, 5) is 15.5. The second kappa shape index (κ2) is 4.56. The molecule has 0 unspecified atom stereocenters. The first kappa shape index (κ1) is 12.3. The maximum atomic E-state index is 12.3. The number of para-hydroxylation sites is 1. The van der Waals surface area contributed by atoms with Crippen molar-refractivity contribution in [1.29, 1.82) is 0 Å². The minimum absolute atomic E-state index is 0.160. The van der Waals surface area contributed by atoms with E-state index in [1.54, 1.807) is 6.07 Å². The molecule has 0 bridgehead atoms. The van der Waals surface area contributed by atoms with E-state index in [1.165, 1.54) is 4.68 Å². The first-order valence-corrected chi connectivity index (χ1v) is 7.28. The van der Waals surface area contributed by atoms with Gasteiger partial charge in [-0.2, -0.15) is 9.78 Å². The molecule has 2 heterocycles. The summed E-state index contributed by atoms with van der Waals surface area (Å²) in [6.07, 6.45) is 0. The molecule has 0 radical (unpaired) electrons. The van der Waals surface area contributed by atoms with Gasteiger partial charge < -0.3 is 4.98 Å². The number of benzene rings is 2. The van der Waals surface area contributed by atoms with Crippen molar-refractivity contribution in [3.05, 3.63) is 69.4 Å². The molecule has 0 saturated carbocycles. The molecule has 2 aromatic carbocycles. The Morgan fingerprint density at radius 3 is 2.71 bits per heavy atom. The summed E-state index contributed by atoms with van der Waals surface area (Å²) in [5.41, 5.74) is 3.11. The number of aromatic amines is 1. The molecule has 4 aromatic rings. The van der Waals surface area contributed by atoms with Gasteiger partial charge in [-0.25, -0.2) is 0 Å². The van der Waals surface area contributed by atoms with E-state index in [-0.39, 0.29) is 5.56 Å². The van der Waals surface area contributed by atoms with Gasteiger partial charge in [-0.1, -0.05) is 40.2 Å². The third-order valence-corrected chi connectivity index (χ3v) is 3.93. The Labute approximate surface area is 128 Å². The Balaban J connectivity index is 2.08. The van der Waals surface area contributed by atoms with Crippen molar-refractivity contribution in [3.8, 4) is 5.69 Å². The number of aromatic nitrogens is 3. The highest BCUT2D eigenvalue weighted by atomic mass is 79.9. The first-order valence-electron chi connectivity index (χ1n) is 6.49. The summed E-state index contributed by atoms with van der Waals surface area (Å²) in [7, 11) is 0. The molecule has 4 rings (SSSR count). The zero-order valence-corrected chi connectivity index (χ0v) is 12.5. The van der Waals surface area contributed by atoms with Crippen molar-refractivity contribution in [2.45, 2.75) is 0 Å². The van der Waals surface area contributed by atoms with E-state index in [2.05, 4.69) is 26.0 Å². The molecule has 21 heavy (non-hydrogen) atoms. The molecule has 0 fully saturated rings. The van der Waals surface area contributed by atoms with Gasteiger partial charge in [-0.15, -0.1) is 0 Å². The topological polar surface area (TPSA) is 50.7 Å². The summed E-state index contributed by atoms with van der Waals surface area (Å²) in [5.74, 6) is 0. The van der Waals surface area contributed by atoms with Gasteiger partial charge in [0.1, 0.15) is 5.52 Å². The molecule has 0 aliphatic rings. The molecule has 4 nitrogen and oxygen atoms in total. The monoisotopic (exact) mass is 339 g/mol. The average molecular weight is 340 g/mol. The molecule has 0 aliphatic heterocycles. The van der Waals surface area contributed by atoms with Crippen LogP contribution in [0, 0.1) is 0 Å². The average Bonchev–Trinajstić information content (AvgIpc) is 2.83. The van der Waals surface area contributed by atoms with Crippen molar-refractivity contribution >= 4 is 37.9 Å². The standard InChI is InChI=1S/C16H10BrN3O/c17-10-4-3-5-11(8-10)20-15(21)9-14-16(19-20)12-6-1-2-7-13(12)18-14/h1-9,18H. The molecule has 102 valence electrons. The van der Waals surface area contributed by atoms with Gasteiger partial charge in [-0.3, -0.25) is 4.79 Å². The third-order valence-electron chi connectivity index (χ3n) is 3.44. The van der Waals surface area contributed by atoms with Gasteiger partial charge in [0.05, 0.1) is 11.2 Å². The summed E-state index contributed by atoms with van der Waals surface area (Å²) in [6, 6.07) is 17.0. The van der Waals surface area contributed by atoms with Gasteiger partial charge in [0.15, 0.2) is 0 Å². The van der Waals surface area contributed by atoms with Crippen LogP contribution >= 0.6 is 15.9 Å². The van der Waals surface area contributed by atoms with Crippen LogP contribution in [-0.4, -0.2) is 14.8 Å². The predicted octanol–water partition coefficient (Wildman–Crippen LogP) is 3.63. The zero-order valence-electron chi connectivity index (χ0n) is 10.9. The van der Waals surface area contributed by atoms with E-state index in [1.807, 2.05) is 48.5 Å². The summed E-state index contributed by atoms with van der Waals surface area (Å²) >= 11 is 3.42. The van der Waals surface area contributed by atoms with E-state index in [0.717, 1.165) is 32.1 Å². The molecule has 0 aliphatic carbocycles. The lowest BCUT2D eigenvalue weighted by molar-refractivity contribution is 0.832. The number of H-pyrrole nitrogens is 1. The lowest BCUT2D eigenvalue weighted by Crippen LogP contribution is -2.19. The normalized spacial score (nSPS) is 11.3. The van der Waals surface area contributed by atoms with E-state index in [0.29, 0.717) is 0 Å². The van der Waals surface area contributed by atoms with Crippen LogP contribution in [0.25, 0.3) is 27.6 Å². The number of hydrogen-bond donors (Lipinski definition) is 1. The van der Waals surface area contributed by atoms with Crippen LogP contribution in [0.4, 0.5) is 0 Å². The molecule has 5 heteroatoms. The van der Waals surface area contributed by atoms with Crippen molar-refractivity contribution in [3.63, 3.8) is 0 Å².